The van der Waals surface area contributed by atoms with Crippen LogP contribution in [0.5, 0.6) is 0 Å². The monoisotopic (exact) mass is 441 g/mol. The number of nitrogens with zero attached hydrogens (tertiary/aromatic N) is 2. The van der Waals surface area contributed by atoms with Crippen molar-refractivity contribution < 1.29 is 9.59 Å². The van der Waals surface area contributed by atoms with Crippen molar-refractivity contribution in [1.82, 2.24) is 9.55 Å². The summed E-state index contributed by atoms with van der Waals surface area (Å²) in [6, 6.07) is 10.2. The normalized spacial score (nSPS) is 13.4. The predicted octanol–water partition coefficient (Wildman–Crippen LogP) is 4.49. The van der Waals surface area contributed by atoms with E-state index < -0.39 is 0 Å². The van der Waals surface area contributed by atoms with Crippen LogP contribution in [-0.4, -0.2) is 27.0 Å². The van der Waals surface area contributed by atoms with Crippen LogP contribution in [0.25, 0.3) is 10.9 Å². The number of benzene rings is 2. The van der Waals surface area contributed by atoms with E-state index in [4.69, 9.17) is 11.6 Å². The van der Waals surface area contributed by atoms with Crippen molar-refractivity contribution in [2.24, 2.45) is 0 Å². The van der Waals surface area contributed by atoms with E-state index in [2.05, 4.69) is 10.3 Å². The van der Waals surface area contributed by atoms with Crippen LogP contribution in [-0.2, 0) is 11.2 Å². The minimum Gasteiger partial charge on any atom is -0.326 e. The number of Topliss-reactive ketones (excluding diaryl/α,β-unsaturated/α-hetero) is 1. The zero-order valence-electron chi connectivity index (χ0n) is 16.6. The fraction of sp³-hybridized carbons (Fsp3) is 0.273. The Bertz CT molecular complexity index is 1240. The smallest absolute Gasteiger partial charge is 0.262 e. The summed E-state index contributed by atoms with van der Waals surface area (Å²) in [6.07, 6.45) is 1.04. The molecule has 0 fully saturated rings. The standard InChI is InChI=1S/C22H20ClN3O3S/c1-12(2)26-21(29)16-6-5-15(23)10-18(16)25-22(26)30-11-19(27)14-3-7-17-13(9-14)4-8-20(28)24-17/h3,5-7,9-10,12H,4,8,11H2,1-2H3,(H,24,28). The number of amides is 1. The number of halogens is 1. The van der Waals surface area contributed by atoms with Crippen molar-refractivity contribution in [3.8, 4) is 0 Å². The summed E-state index contributed by atoms with van der Waals surface area (Å²) in [4.78, 5) is 41.9. The first-order valence-electron chi connectivity index (χ1n) is 9.64. The summed E-state index contributed by atoms with van der Waals surface area (Å²) >= 11 is 7.30. The Kier molecular flexibility index (Phi) is 5.66. The first-order valence-corrected chi connectivity index (χ1v) is 11.0. The molecule has 1 aliphatic heterocycles. The zero-order chi connectivity index (χ0) is 21.4. The maximum atomic E-state index is 13.0. The van der Waals surface area contributed by atoms with Crippen molar-refractivity contribution in [3.05, 3.63) is 62.9 Å². The number of hydrogen-bond acceptors (Lipinski definition) is 5. The average molecular weight is 442 g/mol. The lowest BCUT2D eigenvalue weighted by Crippen LogP contribution is -2.25. The molecule has 0 bridgehead atoms. The van der Waals surface area contributed by atoms with Gasteiger partial charge in [-0.25, -0.2) is 4.98 Å². The van der Waals surface area contributed by atoms with Gasteiger partial charge in [-0.1, -0.05) is 23.4 Å². The van der Waals surface area contributed by atoms with Crippen LogP contribution in [0.1, 0.15) is 42.2 Å². The van der Waals surface area contributed by atoms with Crippen molar-refractivity contribution in [2.75, 3.05) is 11.1 Å². The Morgan fingerprint density at radius 3 is 2.77 bits per heavy atom. The molecule has 6 nitrogen and oxygen atoms in total. The molecule has 2 aromatic carbocycles. The van der Waals surface area contributed by atoms with E-state index in [-0.39, 0.29) is 29.0 Å². The summed E-state index contributed by atoms with van der Waals surface area (Å²) in [5.74, 6) is 0.0813. The Balaban J connectivity index is 1.61. The SMILES string of the molecule is CC(C)n1c(SCC(=O)c2ccc3c(c2)CCC(=O)N3)nc2cc(Cl)ccc2c1=O. The predicted molar refractivity (Wildman–Crippen MR) is 120 cm³/mol. The Morgan fingerprint density at radius 2 is 2.00 bits per heavy atom. The molecule has 1 N–H and O–H groups in total. The van der Waals surface area contributed by atoms with Crippen LogP contribution in [0.2, 0.25) is 5.02 Å². The maximum Gasteiger partial charge on any atom is 0.262 e. The number of aromatic nitrogens is 2. The maximum absolute atomic E-state index is 13.0. The fourth-order valence-corrected chi connectivity index (χ4v) is 4.67. The van der Waals surface area contributed by atoms with Gasteiger partial charge in [-0.15, -0.1) is 0 Å². The van der Waals surface area contributed by atoms with Gasteiger partial charge in [0, 0.05) is 28.7 Å². The highest BCUT2D eigenvalue weighted by molar-refractivity contribution is 7.99. The molecule has 0 atom stereocenters. The number of hydrogen-bond donors (Lipinski definition) is 1. The highest BCUT2D eigenvalue weighted by atomic mass is 35.5. The zero-order valence-corrected chi connectivity index (χ0v) is 18.1. The second kappa shape index (κ2) is 8.24. The van der Waals surface area contributed by atoms with Gasteiger partial charge in [0.1, 0.15) is 0 Å². The number of aryl methyl sites for hydroxylation is 1. The second-order valence-electron chi connectivity index (χ2n) is 7.46. The topological polar surface area (TPSA) is 81.1 Å². The molecule has 8 heteroatoms. The van der Waals surface area contributed by atoms with Crippen molar-refractivity contribution >= 4 is 51.6 Å². The molecule has 1 amide bonds. The van der Waals surface area contributed by atoms with Gasteiger partial charge in [-0.3, -0.25) is 19.0 Å². The van der Waals surface area contributed by atoms with Gasteiger partial charge in [0.2, 0.25) is 5.91 Å². The van der Waals surface area contributed by atoms with Gasteiger partial charge >= 0.3 is 0 Å². The van der Waals surface area contributed by atoms with Gasteiger partial charge < -0.3 is 5.32 Å². The summed E-state index contributed by atoms with van der Waals surface area (Å²) in [6.45, 7) is 3.82. The molecular formula is C22H20ClN3O3S. The van der Waals surface area contributed by atoms with Crippen LogP contribution in [0.15, 0.2) is 46.3 Å². The highest BCUT2D eigenvalue weighted by Gasteiger charge is 2.19. The van der Waals surface area contributed by atoms with E-state index in [0.29, 0.717) is 39.5 Å². The van der Waals surface area contributed by atoms with Crippen molar-refractivity contribution in [1.29, 1.82) is 0 Å². The molecule has 3 aromatic rings. The number of rotatable bonds is 5. The van der Waals surface area contributed by atoms with E-state index in [1.807, 2.05) is 19.9 Å². The van der Waals surface area contributed by atoms with Gasteiger partial charge in [-0.05, 0) is 62.2 Å². The number of carbonyl (C=O) groups excluding carboxylic acids is 2. The molecule has 4 rings (SSSR count). The molecule has 0 saturated heterocycles. The molecule has 0 aliphatic carbocycles. The number of carbonyl (C=O) groups is 2. The Labute approximate surface area is 182 Å². The average Bonchev–Trinajstić information content (AvgIpc) is 2.71. The largest absolute Gasteiger partial charge is 0.326 e. The number of fused-ring (bicyclic) bond motifs is 2. The highest BCUT2D eigenvalue weighted by Crippen LogP contribution is 2.26. The van der Waals surface area contributed by atoms with Gasteiger partial charge in [-0.2, -0.15) is 0 Å². The fourth-order valence-electron chi connectivity index (χ4n) is 3.48. The molecule has 0 radical (unpaired) electrons. The number of ketones is 1. The number of thioether (sulfide) groups is 1. The van der Waals surface area contributed by atoms with E-state index in [0.717, 1.165) is 11.3 Å². The molecule has 1 aliphatic rings. The van der Waals surface area contributed by atoms with Crippen LogP contribution >= 0.6 is 23.4 Å². The van der Waals surface area contributed by atoms with Crippen LogP contribution in [0.4, 0.5) is 5.69 Å². The Hall–Kier alpha value is -2.64. The summed E-state index contributed by atoms with van der Waals surface area (Å²) in [5.41, 5.74) is 2.68. The minimum absolute atomic E-state index is 0.00808. The third-order valence-electron chi connectivity index (χ3n) is 5.00. The van der Waals surface area contributed by atoms with Crippen molar-refractivity contribution in [2.45, 2.75) is 37.9 Å². The molecule has 0 unspecified atom stereocenters. The molecule has 0 spiro atoms. The minimum atomic E-state index is -0.147. The molecule has 2 heterocycles. The van der Waals surface area contributed by atoms with Crippen LogP contribution in [0, 0.1) is 0 Å². The quantitative estimate of drug-likeness (QED) is 0.358. The number of anilines is 1. The molecule has 30 heavy (non-hydrogen) atoms. The number of nitrogens with one attached hydrogen (secondary N) is 1. The second-order valence-corrected chi connectivity index (χ2v) is 8.84. The first-order chi connectivity index (χ1) is 14.3. The Morgan fingerprint density at radius 1 is 1.20 bits per heavy atom. The van der Waals surface area contributed by atoms with E-state index >= 15 is 0 Å². The van der Waals surface area contributed by atoms with Gasteiger partial charge in [0.15, 0.2) is 10.9 Å². The van der Waals surface area contributed by atoms with Crippen molar-refractivity contribution in [3.63, 3.8) is 0 Å². The third-order valence-corrected chi connectivity index (χ3v) is 6.19. The lowest BCUT2D eigenvalue weighted by molar-refractivity contribution is -0.116. The summed E-state index contributed by atoms with van der Waals surface area (Å²) < 4.78 is 1.61. The first kappa shape index (κ1) is 20.6. The molecule has 1 aromatic heterocycles. The molecular weight excluding hydrogens is 422 g/mol. The van der Waals surface area contributed by atoms with Gasteiger partial charge in [0.25, 0.3) is 5.56 Å². The lowest BCUT2D eigenvalue weighted by atomic mass is 9.99. The summed E-state index contributed by atoms with van der Waals surface area (Å²) in [7, 11) is 0. The van der Waals surface area contributed by atoms with Gasteiger partial charge in [0.05, 0.1) is 16.7 Å². The van der Waals surface area contributed by atoms with Crippen LogP contribution in [0.3, 0.4) is 0 Å². The van der Waals surface area contributed by atoms with E-state index in [1.165, 1.54) is 11.8 Å². The third kappa shape index (κ3) is 4.00. The van der Waals surface area contributed by atoms with E-state index in [9.17, 15) is 14.4 Å². The molecule has 0 saturated carbocycles. The molecule has 154 valence electrons. The lowest BCUT2D eigenvalue weighted by Gasteiger charge is -2.18. The summed E-state index contributed by atoms with van der Waals surface area (Å²) in [5, 5.41) is 4.31. The van der Waals surface area contributed by atoms with E-state index in [1.54, 1.807) is 34.9 Å². The van der Waals surface area contributed by atoms with Crippen LogP contribution < -0.4 is 10.9 Å².